The highest BCUT2D eigenvalue weighted by atomic mass is 19.1. The van der Waals surface area contributed by atoms with Crippen LogP contribution in [0.2, 0.25) is 0 Å². The summed E-state index contributed by atoms with van der Waals surface area (Å²) in [7, 11) is 5.98. The molecule has 1 saturated heterocycles. The predicted octanol–water partition coefficient (Wildman–Crippen LogP) is 4.19. The summed E-state index contributed by atoms with van der Waals surface area (Å²) in [6.45, 7) is 4.35. The van der Waals surface area contributed by atoms with Crippen LogP contribution in [-0.4, -0.2) is 68.7 Å². The van der Waals surface area contributed by atoms with E-state index >= 15 is 0 Å². The fraction of sp³-hybridized carbons (Fsp3) is 0.290. The molecule has 0 aliphatic carbocycles. The van der Waals surface area contributed by atoms with Crippen LogP contribution in [0, 0.1) is 24.6 Å². The van der Waals surface area contributed by atoms with Crippen molar-refractivity contribution >= 4 is 23.2 Å². The Kier molecular flexibility index (Phi) is 8.38. The standard InChI is InChI=1S/C31H33FN8O/c1-21-5-7-24(13-23(21)8-6-22-15-33-31(34-16-22)37-27-17-35-39(4)19-27)30(41)36-26-10-9-25(29(32)14-26)18-40-12-11-28(20-40)38(2)3/h5,7,9-10,13-17,19,28H,11-12,18,20H2,1-4H3,(H,36,41)(H,33,34,37)/t28-/m0/s1. The maximum absolute atomic E-state index is 14.9. The smallest absolute Gasteiger partial charge is 0.255 e. The van der Waals surface area contributed by atoms with Crippen molar-refractivity contribution in [3.8, 4) is 11.8 Å². The van der Waals surface area contributed by atoms with Gasteiger partial charge in [0.2, 0.25) is 5.95 Å². The number of carbonyl (C=O) groups is 1. The van der Waals surface area contributed by atoms with E-state index in [-0.39, 0.29) is 11.7 Å². The van der Waals surface area contributed by atoms with Gasteiger partial charge in [-0.15, -0.1) is 0 Å². The number of amides is 1. The van der Waals surface area contributed by atoms with E-state index in [0.717, 1.165) is 30.8 Å². The van der Waals surface area contributed by atoms with Gasteiger partial charge < -0.3 is 15.5 Å². The van der Waals surface area contributed by atoms with E-state index in [2.05, 4.69) is 61.4 Å². The molecule has 10 heteroatoms. The second kappa shape index (κ2) is 12.3. The molecule has 2 aromatic heterocycles. The molecule has 1 atom stereocenters. The fourth-order valence-corrected chi connectivity index (χ4v) is 4.68. The lowest BCUT2D eigenvalue weighted by atomic mass is 10.0. The first-order chi connectivity index (χ1) is 19.7. The number of nitrogens with one attached hydrogen (secondary N) is 2. The van der Waals surface area contributed by atoms with Crippen molar-refractivity contribution in [2.45, 2.75) is 25.9 Å². The van der Waals surface area contributed by atoms with E-state index in [0.29, 0.717) is 46.5 Å². The third-order valence-electron chi connectivity index (χ3n) is 7.14. The minimum absolute atomic E-state index is 0.324. The van der Waals surface area contributed by atoms with Gasteiger partial charge >= 0.3 is 0 Å². The summed E-state index contributed by atoms with van der Waals surface area (Å²) in [5, 5.41) is 9.99. The van der Waals surface area contributed by atoms with Crippen LogP contribution >= 0.6 is 0 Å². The normalized spacial score (nSPS) is 15.0. The van der Waals surface area contributed by atoms with Gasteiger partial charge in [-0.2, -0.15) is 5.10 Å². The highest BCUT2D eigenvalue weighted by molar-refractivity contribution is 6.04. The first-order valence-corrected chi connectivity index (χ1v) is 13.4. The molecule has 1 amide bonds. The first-order valence-electron chi connectivity index (χ1n) is 13.4. The summed E-state index contributed by atoms with van der Waals surface area (Å²) in [6, 6.07) is 10.7. The van der Waals surface area contributed by atoms with Gasteiger partial charge in [-0.3, -0.25) is 14.4 Å². The minimum Gasteiger partial charge on any atom is -0.322 e. The third kappa shape index (κ3) is 7.14. The molecule has 1 aliphatic rings. The van der Waals surface area contributed by atoms with E-state index in [9.17, 15) is 9.18 Å². The van der Waals surface area contributed by atoms with Crippen molar-refractivity contribution in [1.82, 2.24) is 29.5 Å². The zero-order valence-electron chi connectivity index (χ0n) is 23.6. The van der Waals surface area contributed by atoms with Gasteiger partial charge in [0, 0.05) is 73.7 Å². The monoisotopic (exact) mass is 552 g/mol. The molecule has 2 aromatic carbocycles. The Hall–Kier alpha value is -4.59. The highest BCUT2D eigenvalue weighted by Gasteiger charge is 2.24. The summed E-state index contributed by atoms with van der Waals surface area (Å²) >= 11 is 0. The molecule has 0 unspecified atom stereocenters. The second-order valence-corrected chi connectivity index (χ2v) is 10.5. The average Bonchev–Trinajstić information content (AvgIpc) is 3.59. The summed E-state index contributed by atoms with van der Waals surface area (Å²) in [6.07, 6.45) is 7.85. The van der Waals surface area contributed by atoms with Crippen LogP contribution in [0.15, 0.2) is 61.2 Å². The number of carbonyl (C=O) groups excluding carboxylic acids is 1. The second-order valence-electron chi connectivity index (χ2n) is 10.5. The number of aryl methyl sites for hydroxylation is 2. The third-order valence-corrected chi connectivity index (χ3v) is 7.14. The van der Waals surface area contributed by atoms with Gasteiger partial charge in [-0.05, 0) is 57.3 Å². The molecule has 9 nitrogen and oxygen atoms in total. The lowest BCUT2D eigenvalue weighted by molar-refractivity contribution is 0.102. The molecule has 41 heavy (non-hydrogen) atoms. The van der Waals surface area contributed by atoms with Crippen molar-refractivity contribution in [3.63, 3.8) is 0 Å². The molecule has 0 bridgehead atoms. The lowest BCUT2D eigenvalue weighted by Gasteiger charge is -2.20. The van der Waals surface area contributed by atoms with Crippen LogP contribution in [0.5, 0.6) is 0 Å². The Morgan fingerprint density at radius 1 is 1.10 bits per heavy atom. The van der Waals surface area contributed by atoms with Crippen LogP contribution in [0.3, 0.4) is 0 Å². The minimum atomic E-state index is -0.331. The molecule has 0 saturated carbocycles. The summed E-state index contributed by atoms with van der Waals surface area (Å²) in [5.41, 5.74) is 4.53. The number of nitrogens with zero attached hydrogens (tertiary/aromatic N) is 6. The van der Waals surface area contributed by atoms with E-state index in [4.69, 9.17) is 0 Å². The molecule has 1 aliphatic heterocycles. The topological polar surface area (TPSA) is 91.2 Å². The van der Waals surface area contributed by atoms with Gasteiger partial charge in [-0.25, -0.2) is 14.4 Å². The Bertz CT molecular complexity index is 1600. The van der Waals surface area contributed by atoms with E-state index in [1.807, 2.05) is 26.2 Å². The average molecular weight is 553 g/mol. The molecule has 2 N–H and O–H groups in total. The van der Waals surface area contributed by atoms with E-state index in [1.165, 1.54) is 6.07 Å². The quantitative estimate of drug-likeness (QED) is 0.332. The number of likely N-dealkylation sites (N-methyl/N-ethyl adjacent to an activating group) is 1. The number of aromatic nitrogens is 4. The van der Waals surface area contributed by atoms with Crippen LogP contribution in [0.4, 0.5) is 21.7 Å². The maximum Gasteiger partial charge on any atom is 0.255 e. The summed E-state index contributed by atoms with van der Waals surface area (Å²) in [4.78, 5) is 26.1. The number of rotatable bonds is 7. The van der Waals surface area contributed by atoms with Crippen molar-refractivity contribution < 1.29 is 9.18 Å². The van der Waals surface area contributed by atoms with Gasteiger partial charge in [0.15, 0.2) is 0 Å². The number of likely N-dealkylation sites (tertiary alicyclic amines) is 1. The largest absolute Gasteiger partial charge is 0.322 e. The molecular formula is C31H33FN8O. The van der Waals surface area contributed by atoms with Crippen molar-refractivity contribution in [1.29, 1.82) is 0 Å². The predicted molar refractivity (Wildman–Crippen MR) is 157 cm³/mol. The molecule has 3 heterocycles. The zero-order valence-corrected chi connectivity index (χ0v) is 23.6. The van der Waals surface area contributed by atoms with Gasteiger partial charge in [-0.1, -0.05) is 24.0 Å². The molecule has 0 radical (unpaired) electrons. The molecule has 0 spiro atoms. The fourth-order valence-electron chi connectivity index (χ4n) is 4.68. The number of hydrogen-bond acceptors (Lipinski definition) is 7. The lowest BCUT2D eigenvalue weighted by Crippen LogP contribution is -2.31. The van der Waals surface area contributed by atoms with E-state index in [1.54, 1.807) is 47.5 Å². The molecule has 5 rings (SSSR count). The van der Waals surface area contributed by atoms with Gasteiger partial charge in [0.25, 0.3) is 5.91 Å². The number of halogens is 1. The Labute approximate surface area is 239 Å². The van der Waals surface area contributed by atoms with Crippen LogP contribution < -0.4 is 10.6 Å². The Balaban J connectivity index is 1.22. The van der Waals surface area contributed by atoms with Crippen LogP contribution in [0.1, 0.15) is 39.0 Å². The Morgan fingerprint density at radius 2 is 1.90 bits per heavy atom. The highest BCUT2D eigenvalue weighted by Crippen LogP contribution is 2.21. The number of anilines is 3. The maximum atomic E-state index is 14.9. The Morgan fingerprint density at radius 3 is 2.59 bits per heavy atom. The summed E-state index contributed by atoms with van der Waals surface area (Å²) in [5.74, 6) is 5.96. The molecule has 210 valence electrons. The van der Waals surface area contributed by atoms with Gasteiger partial charge in [0.1, 0.15) is 5.82 Å². The van der Waals surface area contributed by atoms with Crippen molar-refractivity contribution in [2.24, 2.45) is 7.05 Å². The molecule has 1 fully saturated rings. The van der Waals surface area contributed by atoms with E-state index < -0.39 is 0 Å². The van der Waals surface area contributed by atoms with Crippen LogP contribution in [-0.2, 0) is 13.6 Å². The van der Waals surface area contributed by atoms with Gasteiger partial charge in [0.05, 0.1) is 17.4 Å². The molecular weight excluding hydrogens is 519 g/mol. The number of hydrogen-bond donors (Lipinski definition) is 2. The van der Waals surface area contributed by atoms with Crippen LogP contribution in [0.25, 0.3) is 0 Å². The SMILES string of the molecule is Cc1ccc(C(=O)Nc2ccc(CN3CC[C@H](N(C)C)C3)c(F)c2)cc1C#Cc1cnc(Nc2cnn(C)c2)nc1. The van der Waals surface area contributed by atoms with Crippen molar-refractivity contribution in [2.75, 3.05) is 37.8 Å². The zero-order chi connectivity index (χ0) is 28.9. The first kappa shape index (κ1) is 28.0. The van der Waals surface area contributed by atoms with Crippen molar-refractivity contribution in [3.05, 3.63) is 94.8 Å². The molecule has 4 aromatic rings. The summed E-state index contributed by atoms with van der Waals surface area (Å²) < 4.78 is 16.6. The number of benzene rings is 2.